The van der Waals surface area contributed by atoms with Gasteiger partial charge in [0.25, 0.3) is 0 Å². The number of halogens is 1. The van der Waals surface area contributed by atoms with Gasteiger partial charge in [0.1, 0.15) is 6.04 Å². The molecule has 174 valence electrons. The number of methoxy groups -OCH3 is 1. The average Bonchev–Trinajstić information content (AvgIpc) is 3.25. The number of rotatable bonds is 6. The maximum absolute atomic E-state index is 14.3. The first-order valence-corrected chi connectivity index (χ1v) is 11.1. The molecule has 2 aliphatic heterocycles. The predicted octanol–water partition coefficient (Wildman–Crippen LogP) is 4.93. The standard InChI is InChI=1S/C23H27FNO5.C2H6/c1-5-28-19-7-6-14(10-16(19)24)18(26)12-17-21-15(8-9-25(17,2)3)11-20-22(23(21)27-4)30-13-29-20;1-2/h6-7,10-11,17H,5,8-9,12-13H2,1-4H3;1-2H3/q+1;. The number of benzene rings is 2. The first-order chi connectivity index (χ1) is 15.4. The van der Waals surface area contributed by atoms with Crippen LogP contribution in [0, 0.1) is 5.82 Å². The van der Waals surface area contributed by atoms with Crippen LogP contribution in [0.1, 0.15) is 54.7 Å². The van der Waals surface area contributed by atoms with Crippen molar-refractivity contribution in [3.63, 3.8) is 0 Å². The highest BCUT2D eigenvalue weighted by atomic mass is 19.1. The van der Waals surface area contributed by atoms with Crippen LogP contribution in [0.25, 0.3) is 0 Å². The van der Waals surface area contributed by atoms with Gasteiger partial charge in [0.05, 0.1) is 46.3 Å². The Morgan fingerprint density at radius 1 is 1.22 bits per heavy atom. The number of Topliss-reactive ketones (excluding diaryl/α,β-unsaturated/α-hetero) is 1. The highest BCUT2D eigenvalue weighted by molar-refractivity contribution is 5.96. The quantitative estimate of drug-likeness (QED) is 0.465. The summed E-state index contributed by atoms with van der Waals surface area (Å²) in [7, 11) is 5.81. The first kappa shape index (κ1) is 23.9. The molecular formula is C25H33FNO5+. The molecule has 7 heteroatoms. The third-order valence-electron chi connectivity index (χ3n) is 6.01. The minimum Gasteiger partial charge on any atom is -0.492 e. The van der Waals surface area contributed by atoms with Crippen LogP contribution >= 0.6 is 0 Å². The zero-order valence-corrected chi connectivity index (χ0v) is 19.8. The predicted molar refractivity (Wildman–Crippen MR) is 120 cm³/mol. The van der Waals surface area contributed by atoms with Crippen LogP contribution in [0.4, 0.5) is 4.39 Å². The molecule has 0 N–H and O–H groups in total. The van der Waals surface area contributed by atoms with Gasteiger partial charge in [-0.3, -0.25) is 4.79 Å². The van der Waals surface area contributed by atoms with Crippen LogP contribution < -0.4 is 18.9 Å². The average molecular weight is 447 g/mol. The van der Waals surface area contributed by atoms with E-state index in [-0.39, 0.29) is 30.8 Å². The molecule has 2 aromatic rings. The molecule has 32 heavy (non-hydrogen) atoms. The van der Waals surface area contributed by atoms with Gasteiger partial charge in [-0.15, -0.1) is 0 Å². The van der Waals surface area contributed by atoms with Crippen molar-refractivity contribution in [2.45, 2.75) is 39.7 Å². The molecule has 6 nitrogen and oxygen atoms in total. The van der Waals surface area contributed by atoms with Gasteiger partial charge >= 0.3 is 0 Å². The van der Waals surface area contributed by atoms with Crippen molar-refractivity contribution in [2.75, 3.05) is 41.1 Å². The normalized spacial score (nSPS) is 17.7. The summed E-state index contributed by atoms with van der Waals surface area (Å²) in [5.74, 6) is 1.39. The minimum absolute atomic E-state index is 0.124. The van der Waals surface area contributed by atoms with E-state index in [9.17, 15) is 9.18 Å². The first-order valence-electron chi connectivity index (χ1n) is 11.1. The van der Waals surface area contributed by atoms with Crippen molar-refractivity contribution in [2.24, 2.45) is 0 Å². The summed E-state index contributed by atoms with van der Waals surface area (Å²) in [4.78, 5) is 13.2. The molecule has 0 spiro atoms. The van der Waals surface area contributed by atoms with E-state index in [1.54, 1.807) is 20.1 Å². The molecule has 1 unspecified atom stereocenters. The van der Waals surface area contributed by atoms with Gasteiger partial charge in [-0.25, -0.2) is 4.39 Å². The van der Waals surface area contributed by atoms with E-state index in [1.807, 2.05) is 19.9 Å². The number of carbonyl (C=O) groups excluding carboxylic acids is 1. The van der Waals surface area contributed by atoms with Crippen LogP contribution in [0.15, 0.2) is 24.3 Å². The molecule has 0 bridgehead atoms. The third-order valence-corrected chi connectivity index (χ3v) is 6.01. The zero-order valence-electron chi connectivity index (χ0n) is 19.8. The highest BCUT2D eigenvalue weighted by Gasteiger charge is 2.42. The number of hydrogen-bond acceptors (Lipinski definition) is 5. The van der Waals surface area contributed by atoms with E-state index >= 15 is 0 Å². The maximum atomic E-state index is 14.3. The molecule has 4 rings (SSSR count). The Kier molecular flexibility index (Phi) is 7.29. The number of ether oxygens (including phenoxy) is 4. The molecule has 2 aliphatic rings. The second-order valence-electron chi connectivity index (χ2n) is 8.19. The summed E-state index contributed by atoms with van der Waals surface area (Å²) >= 11 is 0. The van der Waals surface area contributed by atoms with Crippen LogP contribution in [0.5, 0.6) is 23.0 Å². The number of carbonyl (C=O) groups is 1. The van der Waals surface area contributed by atoms with Crippen LogP contribution in [0.2, 0.25) is 0 Å². The number of nitrogens with zero attached hydrogens (tertiary/aromatic N) is 1. The summed E-state index contributed by atoms with van der Waals surface area (Å²) in [6, 6.07) is 6.23. The molecule has 0 fully saturated rings. The van der Waals surface area contributed by atoms with E-state index in [0.717, 1.165) is 24.1 Å². The Bertz CT molecular complexity index is 989. The van der Waals surface area contributed by atoms with Gasteiger partial charge in [0.2, 0.25) is 12.5 Å². The van der Waals surface area contributed by atoms with Gasteiger partial charge in [-0.1, -0.05) is 13.8 Å². The van der Waals surface area contributed by atoms with E-state index < -0.39 is 5.82 Å². The lowest BCUT2D eigenvalue weighted by Crippen LogP contribution is -2.48. The minimum atomic E-state index is -0.526. The lowest BCUT2D eigenvalue weighted by atomic mass is 9.86. The summed E-state index contributed by atoms with van der Waals surface area (Å²) in [5, 5.41) is 0. The summed E-state index contributed by atoms with van der Waals surface area (Å²) < 4.78 is 37.1. The van der Waals surface area contributed by atoms with Gasteiger partial charge < -0.3 is 23.4 Å². The van der Waals surface area contributed by atoms with Crippen molar-refractivity contribution < 1.29 is 32.6 Å². The number of likely N-dealkylation sites (N-methyl/N-ethyl adjacent to an activating group) is 1. The van der Waals surface area contributed by atoms with Crippen molar-refractivity contribution in [1.29, 1.82) is 0 Å². The number of ketones is 1. The number of hydrogen-bond donors (Lipinski definition) is 0. The van der Waals surface area contributed by atoms with Gasteiger partial charge in [0.15, 0.2) is 28.8 Å². The fourth-order valence-corrected chi connectivity index (χ4v) is 4.36. The zero-order chi connectivity index (χ0) is 23.5. The smallest absolute Gasteiger partial charge is 0.231 e. The molecule has 0 saturated heterocycles. The van der Waals surface area contributed by atoms with Crippen LogP contribution in [0.3, 0.4) is 0 Å². The second kappa shape index (κ2) is 9.77. The molecule has 0 saturated carbocycles. The molecule has 2 heterocycles. The lowest BCUT2D eigenvalue weighted by Gasteiger charge is -2.43. The molecule has 0 aliphatic carbocycles. The maximum Gasteiger partial charge on any atom is 0.231 e. The second-order valence-corrected chi connectivity index (χ2v) is 8.19. The Labute approximate surface area is 189 Å². The van der Waals surface area contributed by atoms with Crippen molar-refractivity contribution in [1.82, 2.24) is 0 Å². The number of quaternary nitrogens is 1. The summed E-state index contributed by atoms with van der Waals surface area (Å²) in [6.07, 6.45) is 1.07. The summed E-state index contributed by atoms with van der Waals surface area (Å²) in [5.41, 5.74) is 2.41. The molecule has 0 aromatic heterocycles. The fraction of sp³-hybridized carbons (Fsp3) is 0.480. The number of fused-ring (bicyclic) bond motifs is 2. The SMILES string of the molecule is CC.CCOc1ccc(C(=O)CC2c3c(cc4c(c3OC)OCO4)CC[N+]2(C)C)cc1F. The molecule has 2 aromatic carbocycles. The monoisotopic (exact) mass is 446 g/mol. The molecule has 1 atom stereocenters. The Morgan fingerprint density at radius 2 is 1.97 bits per heavy atom. The topological polar surface area (TPSA) is 54.0 Å². The van der Waals surface area contributed by atoms with E-state index in [1.165, 1.54) is 12.1 Å². The molecular weight excluding hydrogens is 413 g/mol. The van der Waals surface area contributed by atoms with Crippen LogP contribution in [-0.2, 0) is 6.42 Å². The Hall–Kier alpha value is -2.80. The Balaban J connectivity index is 0.00000141. The molecule has 0 radical (unpaired) electrons. The third kappa shape index (κ3) is 4.39. The Morgan fingerprint density at radius 3 is 2.62 bits per heavy atom. The van der Waals surface area contributed by atoms with E-state index in [0.29, 0.717) is 33.9 Å². The van der Waals surface area contributed by atoms with E-state index in [2.05, 4.69) is 14.1 Å². The van der Waals surface area contributed by atoms with Crippen LogP contribution in [-0.4, -0.2) is 51.4 Å². The van der Waals surface area contributed by atoms with Gasteiger partial charge in [0, 0.05) is 12.0 Å². The van der Waals surface area contributed by atoms with Gasteiger partial charge in [-0.05, 0) is 36.8 Å². The van der Waals surface area contributed by atoms with E-state index in [4.69, 9.17) is 18.9 Å². The molecule has 0 amide bonds. The van der Waals surface area contributed by atoms with Crippen molar-refractivity contribution in [3.05, 3.63) is 46.8 Å². The van der Waals surface area contributed by atoms with Gasteiger partial charge in [-0.2, -0.15) is 0 Å². The lowest BCUT2D eigenvalue weighted by molar-refractivity contribution is -0.922. The fourth-order valence-electron chi connectivity index (χ4n) is 4.36. The van der Waals surface area contributed by atoms with Crippen molar-refractivity contribution in [3.8, 4) is 23.0 Å². The van der Waals surface area contributed by atoms with Crippen molar-refractivity contribution >= 4 is 5.78 Å². The summed E-state index contributed by atoms with van der Waals surface area (Å²) in [6.45, 7) is 7.18. The largest absolute Gasteiger partial charge is 0.492 e. The highest BCUT2D eigenvalue weighted by Crippen LogP contribution is 2.51.